The average Bonchev–Trinajstić information content (AvgIpc) is 3.17. The molecule has 0 saturated carbocycles. The van der Waals surface area contributed by atoms with Gasteiger partial charge in [-0.25, -0.2) is 14.3 Å². The van der Waals surface area contributed by atoms with Crippen LogP contribution >= 0.6 is 15.9 Å². The number of halogens is 1. The molecule has 29 heavy (non-hydrogen) atoms. The lowest BCUT2D eigenvalue weighted by Gasteiger charge is -2.14. The summed E-state index contributed by atoms with van der Waals surface area (Å²) in [5.74, 6) is 0.0974. The van der Waals surface area contributed by atoms with Gasteiger partial charge in [-0.3, -0.25) is 0 Å². The van der Waals surface area contributed by atoms with Crippen molar-refractivity contribution in [3.05, 3.63) is 64.1 Å². The number of carbonyl (C=O) groups excluding carboxylic acids is 1. The summed E-state index contributed by atoms with van der Waals surface area (Å²) in [4.78, 5) is 16.6. The number of nitrogens with zero attached hydrogens (tertiary/aromatic N) is 3. The molecule has 0 amide bonds. The molecule has 0 radical (unpaired) electrons. The number of aliphatic hydroxyl groups excluding tert-OH is 2. The van der Waals surface area contributed by atoms with E-state index in [9.17, 15) is 15.0 Å². The Morgan fingerprint density at radius 2 is 1.90 bits per heavy atom. The van der Waals surface area contributed by atoms with Crippen molar-refractivity contribution in [3.63, 3.8) is 0 Å². The normalized spacial score (nSPS) is 24.1. The van der Waals surface area contributed by atoms with Gasteiger partial charge in [0.1, 0.15) is 35.3 Å². The Morgan fingerprint density at radius 3 is 2.66 bits per heavy atom. The molecule has 0 bridgehead atoms. The Bertz CT molecular complexity index is 1030. The number of esters is 1. The average molecular weight is 462 g/mol. The first-order valence-electron chi connectivity index (χ1n) is 9.18. The maximum absolute atomic E-state index is 12.1. The van der Waals surface area contributed by atoms with E-state index in [1.54, 1.807) is 34.8 Å². The van der Waals surface area contributed by atoms with Crippen LogP contribution in [0.25, 0.3) is 5.52 Å². The molecule has 1 aromatic carbocycles. The van der Waals surface area contributed by atoms with Crippen LogP contribution in [0, 0.1) is 6.92 Å². The molecular weight excluding hydrogens is 442 g/mol. The van der Waals surface area contributed by atoms with Crippen molar-refractivity contribution in [2.24, 2.45) is 0 Å². The predicted molar refractivity (Wildman–Crippen MR) is 107 cm³/mol. The van der Waals surface area contributed by atoms with E-state index in [4.69, 9.17) is 9.47 Å². The van der Waals surface area contributed by atoms with Gasteiger partial charge in [0.2, 0.25) is 0 Å². The third kappa shape index (κ3) is 4.04. The van der Waals surface area contributed by atoms with Crippen molar-refractivity contribution in [2.75, 3.05) is 6.61 Å². The van der Waals surface area contributed by atoms with Crippen LogP contribution in [0.4, 0.5) is 0 Å². The maximum atomic E-state index is 12.1. The predicted octanol–water partition coefficient (Wildman–Crippen LogP) is 1.69. The molecule has 4 rings (SSSR count). The number of fused-ring (bicyclic) bond motifs is 1. The lowest BCUT2D eigenvalue weighted by molar-refractivity contribution is -0.0336. The number of benzene rings is 1. The van der Waals surface area contributed by atoms with Gasteiger partial charge in [0.05, 0.1) is 22.9 Å². The first-order valence-corrected chi connectivity index (χ1v) is 9.98. The molecule has 1 saturated heterocycles. The first-order chi connectivity index (χ1) is 13.9. The van der Waals surface area contributed by atoms with E-state index >= 15 is 0 Å². The van der Waals surface area contributed by atoms with Gasteiger partial charge in [-0.2, -0.15) is 5.10 Å². The molecule has 1 aliphatic heterocycles. The summed E-state index contributed by atoms with van der Waals surface area (Å²) >= 11 is 3.34. The van der Waals surface area contributed by atoms with Crippen molar-refractivity contribution < 1.29 is 24.5 Å². The Morgan fingerprint density at radius 1 is 1.17 bits per heavy atom. The van der Waals surface area contributed by atoms with E-state index in [0.29, 0.717) is 16.0 Å². The van der Waals surface area contributed by atoms with Gasteiger partial charge in [0.15, 0.2) is 0 Å². The number of aliphatic hydroxyl groups is 2. The van der Waals surface area contributed by atoms with Gasteiger partial charge >= 0.3 is 5.97 Å². The third-order valence-corrected chi connectivity index (χ3v) is 5.37. The molecule has 1 aliphatic rings. The van der Waals surface area contributed by atoms with E-state index < -0.39 is 30.4 Å². The Balaban J connectivity index is 1.44. The first kappa shape index (κ1) is 20.0. The molecule has 0 spiro atoms. The van der Waals surface area contributed by atoms with E-state index in [1.807, 2.05) is 19.1 Å². The van der Waals surface area contributed by atoms with E-state index in [1.165, 1.54) is 0 Å². The van der Waals surface area contributed by atoms with E-state index in [2.05, 4.69) is 26.0 Å². The minimum absolute atomic E-state index is 0.159. The van der Waals surface area contributed by atoms with Crippen LogP contribution in [0.2, 0.25) is 0 Å². The molecule has 3 heterocycles. The van der Waals surface area contributed by atoms with Gasteiger partial charge in [-0.15, -0.1) is 0 Å². The minimum Gasteiger partial charge on any atom is -0.459 e. The summed E-state index contributed by atoms with van der Waals surface area (Å²) in [6.07, 6.45) is -3.57. The summed E-state index contributed by atoms with van der Waals surface area (Å²) in [6.45, 7) is 1.72. The molecular formula is C20H20BrN3O5. The highest BCUT2D eigenvalue weighted by Crippen LogP contribution is 2.25. The molecule has 1 fully saturated rings. The maximum Gasteiger partial charge on any atom is 0.338 e. The summed E-state index contributed by atoms with van der Waals surface area (Å²) in [5.41, 5.74) is 2.07. The number of imidazole rings is 1. The fourth-order valence-electron chi connectivity index (χ4n) is 3.43. The summed E-state index contributed by atoms with van der Waals surface area (Å²) in [5, 5.41) is 25.2. The molecule has 0 unspecified atom stereocenters. The molecule has 2 N–H and O–H groups in total. The van der Waals surface area contributed by atoms with Crippen LogP contribution in [0.15, 0.2) is 47.1 Å². The van der Waals surface area contributed by atoms with Crippen molar-refractivity contribution in [2.45, 2.75) is 37.8 Å². The molecule has 8 nitrogen and oxygen atoms in total. The van der Waals surface area contributed by atoms with Crippen LogP contribution in [-0.4, -0.2) is 61.8 Å². The number of rotatable bonds is 5. The zero-order valence-electron chi connectivity index (χ0n) is 15.6. The van der Waals surface area contributed by atoms with Crippen LogP contribution < -0.4 is 0 Å². The number of carbonyl (C=O) groups is 1. The second-order valence-electron chi connectivity index (χ2n) is 6.93. The Labute approximate surface area is 175 Å². The molecule has 152 valence electrons. The van der Waals surface area contributed by atoms with Gasteiger partial charge in [-0.05, 0) is 47.1 Å². The van der Waals surface area contributed by atoms with E-state index in [0.717, 1.165) is 11.2 Å². The number of aryl methyl sites for hydroxylation is 1. The lowest BCUT2D eigenvalue weighted by Crippen LogP contribution is -2.35. The Kier molecular flexibility index (Phi) is 5.64. The third-order valence-electron chi connectivity index (χ3n) is 4.95. The van der Waals surface area contributed by atoms with Crippen molar-refractivity contribution in [3.8, 4) is 0 Å². The number of ether oxygens (including phenoxy) is 2. The van der Waals surface area contributed by atoms with Gasteiger partial charge in [0, 0.05) is 6.42 Å². The van der Waals surface area contributed by atoms with Crippen LogP contribution in [-0.2, 0) is 15.9 Å². The van der Waals surface area contributed by atoms with Gasteiger partial charge in [-0.1, -0.05) is 18.2 Å². The number of aromatic nitrogens is 3. The molecule has 3 aromatic rings. The molecule has 2 aromatic heterocycles. The fourth-order valence-corrected chi connectivity index (χ4v) is 3.72. The summed E-state index contributed by atoms with van der Waals surface area (Å²) in [7, 11) is 0. The van der Waals surface area contributed by atoms with Gasteiger partial charge in [0.25, 0.3) is 0 Å². The van der Waals surface area contributed by atoms with Crippen molar-refractivity contribution in [1.29, 1.82) is 0 Å². The number of hydrogen-bond acceptors (Lipinski definition) is 7. The highest BCUT2D eigenvalue weighted by atomic mass is 79.9. The van der Waals surface area contributed by atoms with Crippen LogP contribution in [0.5, 0.6) is 0 Å². The minimum atomic E-state index is -1.17. The second kappa shape index (κ2) is 8.19. The lowest BCUT2D eigenvalue weighted by atomic mass is 10.1. The largest absolute Gasteiger partial charge is 0.459 e. The number of hydrogen-bond donors (Lipinski definition) is 2. The summed E-state index contributed by atoms with van der Waals surface area (Å²) in [6, 6.07) is 12.3. The zero-order chi connectivity index (χ0) is 20.5. The van der Waals surface area contributed by atoms with Gasteiger partial charge < -0.3 is 19.7 Å². The molecule has 4 atom stereocenters. The summed E-state index contributed by atoms with van der Waals surface area (Å²) < 4.78 is 13.4. The quantitative estimate of drug-likeness (QED) is 0.556. The Hall–Kier alpha value is -2.33. The monoisotopic (exact) mass is 461 g/mol. The molecule has 0 aliphatic carbocycles. The van der Waals surface area contributed by atoms with Crippen molar-refractivity contribution >= 4 is 27.4 Å². The fraction of sp³-hybridized carbons (Fsp3) is 0.350. The van der Waals surface area contributed by atoms with Crippen molar-refractivity contribution in [1.82, 2.24) is 14.6 Å². The van der Waals surface area contributed by atoms with E-state index in [-0.39, 0.29) is 13.0 Å². The smallest absolute Gasteiger partial charge is 0.338 e. The zero-order valence-corrected chi connectivity index (χ0v) is 17.2. The second-order valence-corrected chi connectivity index (χ2v) is 7.74. The SMILES string of the molecule is Cc1nc(C[C@@H]2O[C@H](COC(=O)c3ccccc3)[C@@H](O)[C@H]2O)n2nc(Br)ccc12. The standard InChI is InChI=1S/C20H20BrN3O5/c1-11-13-7-8-16(21)23-24(13)17(22-11)9-14-18(25)19(26)15(29-14)10-28-20(27)12-5-3-2-4-6-12/h2-8,14-15,18-19,25-26H,9-10H2,1H3/t14-,15+,18-,19+/m0/s1. The highest BCUT2D eigenvalue weighted by molar-refractivity contribution is 9.10. The van der Waals surface area contributed by atoms with Crippen LogP contribution in [0.1, 0.15) is 21.9 Å². The molecule has 9 heteroatoms. The highest BCUT2D eigenvalue weighted by Gasteiger charge is 2.43. The van der Waals surface area contributed by atoms with Crippen LogP contribution in [0.3, 0.4) is 0 Å². The topological polar surface area (TPSA) is 106 Å².